The third-order valence-corrected chi connectivity index (χ3v) is 5.93. The van der Waals surface area contributed by atoms with Crippen molar-refractivity contribution in [3.63, 3.8) is 0 Å². The SMILES string of the molecule is CC1CCCCN1C(=O)c1ccc(NC(=O)C2CCCC(N)C2)cc1Cl. The lowest BCUT2D eigenvalue weighted by Crippen LogP contribution is -2.42. The van der Waals surface area contributed by atoms with Gasteiger partial charge in [-0.2, -0.15) is 0 Å². The molecule has 1 aliphatic heterocycles. The molecule has 3 unspecified atom stereocenters. The molecule has 1 saturated heterocycles. The molecule has 1 aromatic carbocycles. The number of anilines is 1. The van der Waals surface area contributed by atoms with Crippen molar-refractivity contribution in [1.29, 1.82) is 0 Å². The van der Waals surface area contributed by atoms with Gasteiger partial charge in [-0.1, -0.05) is 18.0 Å². The first-order valence-corrected chi connectivity index (χ1v) is 10.0. The van der Waals surface area contributed by atoms with Gasteiger partial charge in [-0.05, 0) is 63.6 Å². The lowest BCUT2D eigenvalue weighted by molar-refractivity contribution is -0.120. The molecule has 6 heteroatoms. The number of carbonyl (C=O) groups is 2. The van der Waals surface area contributed by atoms with Gasteiger partial charge >= 0.3 is 0 Å². The normalized spacial score (nSPS) is 26.4. The molecule has 0 bridgehead atoms. The fourth-order valence-corrected chi connectivity index (χ4v) is 4.29. The summed E-state index contributed by atoms with van der Waals surface area (Å²) in [7, 11) is 0. The highest BCUT2D eigenvalue weighted by Gasteiger charge is 2.27. The van der Waals surface area contributed by atoms with Crippen molar-refractivity contribution < 1.29 is 9.59 Å². The van der Waals surface area contributed by atoms with Crippen LogP contribution in [0, 0.1) is 5.92 Å². The van der Waals surface area contributed by atoms with Crippen LogP contribution >= 0.6 is 11.6 Å². The van der Waals surface area contributed by atoms with Crippen LogP contribution in [0.1, 0.15) is 62.2 Å². The van der Waals surface area contributed by atoms with E-state index in [2.05, 4.69) is 12.2 Å². The molecule has 1 heterocycles. The molecule has 2 aliphatic rings. The van der Waals surface area contributed by atoms with Gasteiger partial charge in [0.05, 0.1) is 10.6 Å². The average molecular weight is 378 g/mol. The van der Waals surface area contributed by atoms with Crippen LogP contribution < -0.4 is 11.1 Å². The van der Waals surface area contributed by atoms with Crippen molar-refractivity contribution >= 4 is 29.1 Å². The summed E-state index contributed by atoms with van der Waals surface area (Å²) in [6.45, 7) is 2.85. The van der Waals surface area contributed by atoms with Crippen molar-refractivity contribution in [2.45, 2.75) is 64.0 Å². The van der Waals surface area contributed by atoms with Gasteiger partial charge in [-0.25, -0.2) is 0 Å². The molecule has 142 valence electrons. The van der Waals surface area contributed by atoms with E-state index in [4.69, 9.17) is 17.3 Å². The number of hydrogen-bond acceptors (Lipinski definition) is 3. The Hall–Kier alpha value is -1.59. The summed E-state index contributed by atoms with van der Waals surface area (Å²) in [5, 5.41) is 3.30. The number of halogens is 1. The largest absolute Gasteiger partial charge is 0.336 e. The summed E-state index contributed by atoms with van der Waals surface area (Å²) >= 11 is 6.36. The van der Waals surface area contributed by atoms with Crippen molar-refractivity contribution in [1.82, 2.24) is 4.90 Å². The highest BCUT2D eigenvalue weighted by atomic mass is 35.5. The van der Waals surface area contributed by atoms with Gasteiger partial charge in [-0.15, -0.1) is 0 Å². The van der Waals surface area contributed by atoms with Crippen molar-refractivity contribution in [3.05, 3.63) is 28.8 Å². The molecule has 5 nitrogen and oxygen atoms in total. The number of amides is 2. The van der Waals surface area contributed by atoms with E-state index in [1.807, 2.05) is 4.90 Å². The molecule has 2 amide bonds. The van der Waals surface area contributed by atoms with Crippen molar-refractivity contribution in [3.8, 4) is 0 Å². The highest BCUT2D eigenvalue weighted by Crippen LogP contribution is 2.28. The Bertz CT molecular complexity index is 679. The van der Waals surface area contributed by atoms with Crippen molar-refractivity contribution in [2.24, 2.45) is 11.7 Å². The van der Waals surface area contributed by atoms with Crippen LogP contribution in [0.4, 0.5) is 5.69 Å². The van der Waals surface area contributed by atoms with E-state index in [1.54, 1.807) is 18.2 Å². The zero-order chi connectivity index (χ0) is 18.7. The number of nitrogens with zero attached hydrogens (tertiary/aromatic N) is 1. The quantitative estimate of drug-likeness (QED) is 0.840. The average Bonchev–Trinajstić information content (AvgIpc) is 2.62. The summed E-state index contributed by atoms with van der Waals surface area (Å²) in [4.78, 5) is 27.1. The number of hydrogen-bond donors (Lipinski definition) is 2. The minimum Gasteiger partial charge on any atom is -0.336 e. The van der Waals surface area contributed by atoms with Gasteiger partial charge in [0, 0.05) is 30.2 Å². The van der Waals surface area contributed by atoms with Gasteiger partial charge in [0.25, 0.3) is 5.91 Å². The predicted molar refractivity (Wildman–Crippen MR) is 104 cm³/mol. The van der Waals surface area contributed by atoms with Crippen LogP contribution in [0.25, 0.3) is 0 Å². The Morgan fingerprint density at radius 3 is 2.69 bits per heavy atom. The first-order chi connectivity index (χ1) is 12.5. The maximum absolute atomic E-state index is 12.8. The minimum atomic E-state index is -0.0481. The minimum absolute atomic E-state index is 0.0139. The monoisotopic (exact) mass is 377 g/mol. The predicted octanol–water partition coefficient (Wildman–Crippen LogP) is 3.81. The van der Waals surface area contributed by atoms with E-state index in [0.29, 0.717) is 16.3 Å². The van der Waals surface area contributed by atoms with Crippen LogP contribution in [0.3, 0.4) is 0 Å². The first kappa shape index (κ1) is 19.2. The summed E-state index contributed by atoms with van der Waals surface area (Å²) < 4.78 is 0. The molecule has 0 aromatic heterocycles. The van der Waals surface area contributed by atoms with Crippen LogP contribution in [0.5, 0.6) is 0 Å². The van der Waals surface area contributed by atoms with Crippen molar-refractivity contribution in [2.75, 3.05) is 11.9 Å². The second-order valence-electron chi connectivity index (χ2n) is 7.65. The van der Waals surface area contributed by atoms with Crippen LogP contribution in [-0.4, -0.2) is 35.3 Å². The zero-order valence-electron chi connectivity index (χ0n) is 15.3. The molecular formula is C20H28ClN3O2. The summed E-state index contributed by atoms with van der Waals surface area (Å²) in [6.07, 6.45) is 6.79. The Kier molecular flexibility index (Phi) is 6.20. The van der Waals surface area contributed by atoms with Gasteiger partial charge < -0.3 is 16.0 Å². The number of likely N-dealkylation sites (tertiary alicyclic amines) is 1. The van der Waals surface area contributed by atoms with E-state index < -0.39 is 0 Å². The number of benzene rings is 1. The molecule has 1 saturated carbocycles. The Balaban J connectivity index is 1.67. The molecule has 3 N–H and O–H groups in total. The second kappa shape index (κ2) is 8.40. The molecule has 0 radical (unpaired) electrons. The van der Waals surface area contributed by atoms with Gasteiger partial charge in [-0.3, -0.25) is 9.59 Å². The Labute approximate surface area is 160 Å². The van der Waals surface area contributed by atoms with E-state index in [9.17, 15) is 9.59 Å². The van der Waals surface area contributed by atoms with Gasteiger partial charge in [0.15, 0.2) is 0 Å². The third-order valence-electron chi connectivity index (χ3n) is 5.62. The lowest BCUT2D eigenvalue weighted by atomic mass is 9.85. The van der Waals surface area contributed by atoms with E-state index in [1.165, 1.54) is 0 Å². The first-order valence-electron chi connectivity index (χ1n) is 9.62. The summed E-state index contributed by atoms with van der Waals surface area (Å²) in [6, 6.07) is 5.49. The standard InChI is InChI=1S/C20H28ClN3O2/c1-13-5-2-3-10-24(13)20(26)17-9-8-16(12-18(17)21)23-19(25)14-6-4-7-15(22)11-14/h8-9,12-15H,2-7,10-11,22H2,1H3,(H,23,25). The Morgan fingerprint density at radius 1 is 1.19 bits per heavy atom. The molecule has 3 atom stereocenters. The molecule has 1 aromatic rings. The van der Waals surface area contributed by atoms with Crippen LogP contribution in [0.2, 0.25) is 5.02 Å². The topological polar surface area (TPSA) is 75.4 Å². The number of piperidine rings is 1. The van der Waals surface area contributed by atoms with Crippen LogP contribution in [0.15, 0.2) is 18.2 Å². The molecular weight excluding hydrogens is 350 g/mol. The van der Waals surface area contributed by atoms with Gasteiger partial charge in [0.1, 0.15) is 0 Å². The third kappa shape index (κ3) is 4.38. The smallest absolute Gasteiger partial charge is 0.255 e. The fourth-order valence-electron chi connectivity index (χ4n) is 4.03. The number of nitrogens with one attached hydrogen (secondary N) is 1. The fraction of sp³-hybridized carbons (Fsp3) is 0.600. The number of rotatable bonds is 3. The maximum atomic E-state index is 12.8. The molecule has 1 aliphatic carbocycles. The highest BCUT2D eigenvalue weighted by molar-refractivity contribution is 6.34. The molecule has 26 heavy (non-hydrogen) atoms. The molecule has 3 rings (SSSR count). The maximum Gasteiger partial charge on any atom is 0.255 e. The summed E-state index contributed by atoms with van der Waals surface area (Å²) in [5.74, 6) is -0.0914. The summed E-state index contributed by atoms with van der Waals surface area (Å²) in [5.41, 5.74) is 7.10. The van der Waals surface area contributed by atoms with E-state index >= 15 is 0 Å². The Morgan fingerprint density at radius 2 is 2.00 bits per heavy atom. The second-order valence-corrected chi connectivity index (χ2v) is 8.06. The number of carbonyl (C=O) groups excluding carboxylic acids is 2. The van der Waals surface area contributed by atoms with E-state index in [0.717, 1.165) is 51.5 Å². The van der Waals surface area contributed by atoms with Crippen LogP contribution in [-0.2, 0) is 4.79 Å². The lowest BCUT2D eigenvalue weighted by Gasteiger charge is -2.33. The molecule has 0 spiro atoms. The molecule has 2 fully saturated rings. The number of nitrogens with two attached hydrogens (primary N) is 1. The van der Waals surface area contributed by atoms with E-state index in [-0.39, 0.29) is 29.8 Å². The zero-order valence-corrected chi connectivity index (χ0v) is 16.1. The van der Waals surface area contributed by atoms with Gasteiger partial charge in [0.2, 0.25) is 5.91 Å².